The molecule has 0 unspecified atom stereocenters. The summed E-state index contributed by atoms with van der Waals surface area (Å²) >= 11 is 0. The summed E-state index contributed by atoms with van der Waals surface area (Å²) in [6, 6.07) is 43.5. The van der Waals surface area contributed by atoms with Crippen LogP contribution in [0.25, 0.3) is 0 Å². The second kappa shape index (κ2) is 10.6. The molecule has 0 saturated carbocycles. The SMILES string of the molecule is C=N[P+](CCCP(c1ccccc1)c1ccccc1)(c1ccccc1)c1ccccc1. The standard InChI is InChI=1S/C28H28NP2/c1-29-31(27-19-10-4-11-20-27,28-21-12-5-13-22-28)24-14-23-30(25-15-6-2-7-16-25)26-17-8-3-9-18-26/h2-13,15-22H,1,14,23-24H2/q+1. The summed E-state index contributed by atoms with van der Waals surface area (Å²) in [6.45, 7) is 4.10. The van der Waals surface area contributed by atoms with E-state index in [1.807, 2.05) is 0 Å². The number of hydrogen-bond acceptors (Lipinski definition) is 1. The molecular formula is C28H28NP2+. The summed E-state index contributed by atoms with van der Waals surface area (Å²) in [5.41, 5.74) is 0. The minimum atomic E-state index is -1.90. The fourth-order valence-corrected chi connectivity index (χ4v) is 9.90. The van der Waals surface area contributed by atoms with E-state index in [0.29, 0.717) is 0 Å². The molecule has 4 aromatic rings. The molecule has 0 aliphatic rings. The molecule has 0 amide bonds. The maximum Gasteiger partial charge on any atom is 0.196 e. The first-order valence-corrected chi connectivity index (χ1v) is 14.1. The second-order valence-corrected chi connectivity index (χ2v) is 13.1. The van der Waals surface area contributed by atoms with Gasteiger partial charge in [-0.25, -0.2) is 0 Å². The highest BCUT2D eigenvalue weighted by atomic mass is 31.2. The average Bonchev–Trinajstić information content (AvgIpc) is 2.87. The first-order chi connectivity index (χ1) is 15.3. The van der Waals surface area contributed by atoms with Crippen molar-refractivity contribution >= 4 is 43.3 Å². The Morgan fingerprint density at radius 1 is 0.581 bits per heavy atom. The van der Waals surface area contributed by atoms with Gasteiger partial charge in [0.25, 0.3) is 0 Å². The Morgan fingerprint density at radius 2 is 0.968 bits per heavy atom. The van der Waals surface area contributed by atoms with Gasteiger partial charge in [-0.15, -0.1) is 4.76 Å². The van der Waals surface area contributed by atoms with E-state index in [9.17, 15) is 0 Å². The lowest BCUT2D eigenvalue weighted by Gasteiger charge is -2.23. The minimum absolute atomic E-state index is 0.391. The van der Waals surface area contributed by atoms with Crippen molar-refractivity contribution in [3.8, 4) is 0 Å². The lowest BCUT2D eigenvalue weighted by Crippen LogP contribution is -2.24. The van der Waals surface area contributed by atoms with Crippen LogP contribution in [-0.2, 0) is 0 Å². The summed E-state index contributed by atoms with van der Waals surface area (Å²) < 4.78 is 4.87. The quantitative estimate of drug-likeness (QED) is 0.231. The van der Waals surface area contributed by atoms with Gasteiger partial charge >= 0.3 is 0 Å². The van der Waals surface area contributed by atoms with E-state index in [2.05, 4.69) is 128 Å². The maximum absolute atomic E-state index is 4.87. The van der Waals surface area contributed by atoms with Gasteiger partial charge in [0, 0.05) is 6.72 Å². The molecule has 0 aliphatic carbocycles. The molecule has 0 saturated heterocycles. The Morgan fingerprint density at radius 3 is 1.35 bits per heavy atom. The fourth-order valence-electron chi connectivity index (χ4n) is 4.07. The van der Waals surface area contributed by atoms with Gasteiger partial charge in [0.05, 0.1) is 6.16 Å². The van der Waals surface area contributed by atoms with Gasteiger partial charge in [-0.3, -0.25) is 0 Å². The molecule has 4 aromatic carbocycles. The van der Waals surface area contributed by atoms with Crippen molar-refractivity contribution in [3.63, 3.8) is 0 Å². The summed E-state index contributed by atoms with van der Waals surface area (Å²) in [7, 11) is -2.29. The highest BCUT2D eigenvalue weighted by molar-refractivity contribution is 7.88. The molecule has 3 heteroatoms. The Balaban J connectivity index is 1.63. The average molecular weight is 440 g/mol. The van der Waals surface area contributed by atoms with E-state index in [1.165, 1.54) is 21.2 Å². The topological polar surface area (TPSA) is 12.4 Å². The monoisotopic (exact) mass is 440 g/mol. The molecule has 4 rings (SSSR count). The third-order valence-corrected chi connectivity index (χ3v) is 12.0. The summed E-state index contributed by atoms with van der Waals surface area (Å²) in [5, 5.41) is 5.53. The normalized spacial score (nSPS) is 11.4. The predicted octanol–water partition coefficient (Wildman–Crippen LogP) is 5.79. The van der Waals surface area contributed by atoms with Crippen LogP contribution in [0, 0.1) is 0 Å². The molecule has 0 radical (unpaired) electrons. The second-order valence-electron chi connectivity index (χ2n) is 7.48. The Labute approximate surface area is 188 Å². The van der Waals surface area contributed by atoms with E-state index < -0.39 is 15.3 Å². The van der Waals surface area contributed by atoms with Crippen LogP contribution in [0.5, 0.6) is 0 Å². The third kappa shape index (κ3) is 5.01. The molecule has 0 spiro atoms. The lowest BCUT2D eigenvalue weighted by atomic mass is 10.4. The third-order valence-electron chi connectivity index (χ3n) is 5.61. The Hall–Kier alpha value is -2.59. The molecule has 1 nitrogen and oxygen atoms in total. The predicted molar refractivity (Wildman–Crippen MR) is 142 cm³/mol. The molecule has 0 aliphatic heterocycles. The number of nitrogens with zero attached hydrogens (tertiary/aromatic N) is 1. The zero-order chi connectivity index (χ0) is 21.4. The minimum Gasteiger partial charge on any atom is -0.134 e. The van der Waals surface area contributed by atoms with E-state index in [1.54, 1.807) is 0 Å². The van der Waals surface area contributed by atoms with Gasteiger partial charge in [0.2, 0.25) is 0 Å². The van der Waals surface area contributed by atoms with Gasteiger partial charge in [-0.05, 0) is 55.4 Å². The molecule has 31 heavy (non-hydrogen) atoms. The molecule has 0 atom stereocenters. The Kier molecular flexibility index (Phi) is 7.42. The van der Waals surface area contributed by atoms with Crippen LogP contribution in [0.4, 0.5) is 0 Å². The van der Waals surface area contributed by atoms with Crippen LogP contribution in [-0.4, -0.2) is 19.0 Å². The highest BCUT2D eigenvalue weighted by Gasteiger charge is 2.42. The smallest absolute Gasteiger partial charge is 0.134 e. The van der Waals surface area contributed by atoms with Crippen LogP contribution in [0.1, 0.15) is 6.42 Å². The molecule has 0 heterocycles. The van der Waals surface area contributed by atoms with E-state index in [0.717, 1.165) is 18.7 Å². The Bertz CT molecular complexity index is 988. The van der Waals surface area contributed by atoms with Crippen molar-refractivity contribution in [2.24, 2.45) is 4.76 Å². The van der Waals surface area contributed by atoms with Crippen LogP contribution >= 0.6 is 15.3 Å². The largest absolute Gasteiger partial charge is 0.196 e. The van der Waals surface area contributed by atoms with E-state index in [4.69, 9.17) is 4.76 Å². The number of rotatable bonds is 9. The zero-order valence-electron chi connectivity index (χ0n) is 17.7. The van der Waals surface area contributed by atoms with Crippen molar-refractivity contribution in [2.75, 3.05) is 12.3 Å². The van der Waals surface area contributed by atoms with Crippen molar-refractivity contribution in [1.29, 1.82) is 0 Å². The molecule has 154 valence electrons. The van der Waals surface area contributed by atoms with Gasteiger partial charge in [-0.1, -0.05) is 97.1 Å². The summed E-state index contributed by atoms with van der Waals surface area (Å²) in [6.07, 6.45) is 3.31. The van der Waals surface area contributed by atoms with Crippen LogP contribution < -0.4 is 21.2 Å². The van der Waals surface area contributed by atoms with Crippen molar-refractivity contribution in [1.82, 2.24) is 0 Å². The first kappa shape index (κ1) is 21.6. The molecule has 0 bridgehead atoms. The number of hydrogen-bond donors (Lipinski definition) is 0. The van der Waals surface area contributed by atoms with Crippen molar-refractivity contribution in [2.45, 2.75) is 6.42 Å². The molecular weight excluding hydrogens is 412 g/mol. The van der Waals surface area contributed by atoms with Crippen LogP contribution in [0.2, 0.25) is 0 Å². The lowest BCUT2D eigenvalue weighted by molar-refractivity contribution is 1.10. The highest BCUT2D eigenvalue weighted by Crippen LogP contribution is 2.58. The van der Waals surface area contributed by atoms with E-state index in [-0.39, 0.29) is 0 Å². The molecule has 0 N–H and O–H groups in total. The van der Waals surface area contributed by atoms with Gasteiger partial charge in [0.1, 0.15) is 10.6 Å². The van der Waals surface area contributed by atoms with E-state index >= 15 is 0 Å². The summed E-state index contributed by atoms with van der Waals surface area (Å²) in [5.74, 6) is 0. The van der Waals surface area contributed by atoms with Crippen LogP contribution in [0.3, 0.4) is 0 Å². The summed E-state index contributed by atoms with van der Waals surface area (Å²) in [4.78, 5) is 0. The van der Waals surface area contributed by atoms with Crippen molar-refractivity contribution in [3.05, 3.63) is 121 Å². The van der Waals surface area contributed by atoms with Crippen LogP contribution in [0.15, 0.2) is 126 Å². The van der Waals surface area contributed by atoms with Gasteiger partial charge in [0.15, 0.2) is 7.41 Å². The molecule has 0 fully saturated rings. The van der Waals surface area contributed by atoms with Gasteiger partial charge < -0.3 is 0 Å². The number of benzene rings is 4. The molecule has 0 aromatic heterocycles. The maximum atomic E-state index is 4.87. The van der Waals surface area contributed by atoms with Gasteiger partial charge in [-0.2, -0.15) is 0 Å². The fraction of sp³-hybridized carbons (Fsp3) is 0.107. The van der Waals surface area contributed by atoms with Crippen molar-refractivity contribution < 1.29 is 0 Å². The zero-order valence-corrected chi connectivity index (χ0v) is 19.5. The first-order valence-electron chi connectivity index (χ1n) is 10.7.